The first-order chi connectivity index (χ1) is 13.2. The second kappa shape index (κ2) is 11.0. The average Bonchev–Trinajstić information content (AvgIpc) is 2.72. The summed E-state index contributed by atoms with van der Waals surface area (Å²) in [6, 6.07) is 10.7. The van der Waals surface area contributed by atoms with Gasteiger partial charge in [-0.2, -0.15) is 0 Å². The summed E-state index contributed by atoms with van der Waals surface area (Å²) in [7, 11) is 6.39. The summed E-state index contributed by atoms with van der Waals surface area (Å²) in [5.41, 5.74) is 0. The van der Waals surface area contributed by atoms with E-state index in [0.29, 0.717) is 60.9 Å². The Bertz CT molecular complexity index is 599. The van der Waals surface area contributed by atoms with Crippen molar-refractivity contribution in [3.63, 3.8) is 0 Å². The van der Waals surface area contributed by atoms with Crippen LogP contribution in [0.25, 0.3) is 0 Å². The maximum absolute atomic E-state index is 5.66. The van der Waals surface area contributed by atoms with Gasteiger partial charge >= 0.3 is 0 Å². The molecule has 0 aliphatic rings. The van der Waals surface area contributed by atoms with E-state index >= 15 is 0 Å². The number of hydrogen-bond acceptors (Lipinski definition) is 7. The fraction of sp³-hybridized carbons (Fsp3) is 0.400. The maximum Gasteiger partial charge on any atom is 0.126 e. The average molecular weight is 378 g/mol. The van der Waals surface area contributed by atoms with E-state index in [0.717, 1.165) is 0 Å². The molecule has 0 atom stereocenters. The zero-order valence-corrected chi connectivity index (χ0v) is 16.2. The molecule has 0 aromatic heterocycles. The minimum Gasteiger partial charge on any atom is -0.496 e. The van der Waals surface area contributed by atoms with Crippen molar-refractivity contribution in [2.24, 2.45) is 0 Å². The predicted octanol–water partition coefficient (Wildman–Crippen LogP) is 3.20. The number of benzene rings is 2. The molecule has 148 valence electrons. The summed E-state index contributed by atoms with van der Waals surface area (Å²) < 4.78 is 37.7. The molecule has 27 heavy (non-hydrogen) atoms. The van der Waals surface area contributed by atoms with E-state index in [1.54, 1.807) is 64.8 Å². The van der Waals surface area contributed by atoms with Gasteiger partial charge in [0.15, 0.2) is 0 Å². The quantitative estimate of drug-likeness (QED) is 0.526. The summed E-state index contributed by atoms with van der Waals surface area (Å²) in [5, 5.41) is 0. The Kier molecular flexibility index (Phi) is 8.38. The van der Waals surface area contributed by atoms with Gasteiger partial charge in [0, 0.05) is 36.4 Å². The zero-order valence-electron chi connectivity index (χ0n) is 16.2. The molecule has 2 aromatic carbocycles. The molecule has 2 aromatic rings. The zero-order chi connectivity index (χ0) is 19.5. The topological polar surface area (TPSA) is 64.6 Å². The highest BCUT2D eigenvalue weighted by molar-refractivity contribution is 5.42. The minimum atomic E-state index is 0.406. The van der Waals surface area contributed by atoms with Gasteiger partial charge in [-0.25, -0.2) is 0 Å². The fourth-order valence-electron chi connectivity index (χ4n) is 2.27. The van der Waals surface area contributed by atoms with E-state index in [9.17, 15) is 0 Å². The van der Waals surface area contributed by atoms with Crippen molar-refractivity contribution >= 4 is 0 Å². The van der Waals surface area contributed by atoms with Gasteiger partial charge in [0.05, 0.1) is 41.7 Å². The number of rotatable bonds is 12. The van der Waals surface area contributed by atoms with E-state index in [4.69, 9.17) is 33.2 Å². The van der Waals surface area contributed by atoms with Crippen molar-refractivity contribution in [2.45, 2.75) is 0 Å². The van der Waals surface area contributed by atoms with Gasteiger partial charge in [0.1, 0.15) is 47.7 Å². The van der Waals surface area contributed by atoms with Crippen LogP contribution in [0, 0.1) is 0 Å². The van der Waals surface area contributed by atoms with Gasteiger partial charge in [-0.3, -0.25) is 0 Å². The molecule has 2 rings (SSSR count). The van der Waals surface area contributed by atoms with Gasteiger partial charge in [-0.1, -0.05) is 0 Å². The van der Waals surface area contributed by atoms with E-state index in [1.807, 2.05) is 0 Å². The summed E-state index contributed by atoms with van der Waals surface area (Å²) in [5.74, 6) is 4.02. The van der Waals surface area contributed by atoms with Crippen LogP contribution in [0.4, 0.5) is 0 Å². The molecule has 7 nitrogen and oxygen atoms in total. The Morgan fingerprint density at radius 3 is 1.04 bits per heavy atom. The third-order valence-corrected chi connectivity index (χ3v) is 3.64. The second-order valence-electron chi connectivity index (χ2n) is 5.41. The van der Waals surface area contributed by atoms with Gasteiger partial charge < -0.3 is 33.2 Å². The molecular formula is C20H26O7. The Balaban J connectivity index is 1.68. The summed E-state index contributed by atoms with van der Waals surface area (Å²) in [4.78, 5) is 0. The Morgan fingerprint density at radius 1 is 0.444 bits per heavy atom. The number of methoxy groups -OCH3 is 4. The molecule has 0 aliphatic heterocycles. The van der Waals surface area contributed by atoms with Gasteiger partial charge in [0.2, 0.25) is 0 Å². The summed E-state index contributed by atoms with van der Waals surface area (Å²) in [6.07, 6.45) is 0. The largest absolute Gasteiger partial charge is 0.496 e. The molecule has 0 saturated carbocycles. The van der Waals surface area contributed by atoms with Crippen LogP contribution in [-0.2, 0) is 4.74 Å². The minimum absolute atomic E-state index is 0.406. The second-order valence-corrected chi connectivity index (χ2v) is 5.41. The van der Waals surface area contributed by atoms with E-state index in [1.165, 1.54) is 0 Å². The molecule has 0 heterocycles. The van der Waals surface area contributed by atoms with Crippen molar-refractivity contribution in [3.8, 4) is 34.5 Å². The van der Waals surface area contributed by atoms with Gasteiger partial charge in [-0.15, -0.1) is 0 Å². The molecule has 0 aliphatic carbocycles. The van der Waals surface area contributed by atoms with E-state index in [-0.39, 0.29) is 0 Å². The Morgan fingerprint density at radius 2 is 0.741 bits per heavy atom. The Labute approximate surface area is 159 Å². The van der Waals surface area contributed by atoms with E-state index < -0.39 is 0 Å². The number of ether oxygens (including phenoxy) is 7. The third-order valence-electron chi connectivity index (χ3n) is 3.64. The van der Waals surface area contributed by atoms with Crippen LogP contribution in [0.15, 0.2) is 36.4 Å². The third kappa shape index (κ3) is 6.79. The standard InChI is InChI=1S/C20H26O7/c1-21-15-9-16(22-2)12-19(11-15)26-7-5-25-6-8-27-20-13-17(23-3)10-18(14-20)24-4/h9-14H,5-8H2,1-4H3. The molecule has 0 unspecified atom stereocenters. The van der Waals surface area contributed by atoms with Crippen LogP contribution in [0.1, 0.15) is 0 Å². The number of hydrogen-bond donors (Lipinski definition) is 0. The lowest BCUT2D eigenvalue weighted by atomic mass is 10.3. The first-order valence-electron chi connectivity index (χ1n) is 8.48. The van der Waals surface area contributed by atoms with E-state index in [2.05, 4.69) is 0 Å². The van der Waals surface area contributed by atoms with Crippen LogP contribution in [-0.4, -0.2) is 54.9 Å². The highest BCUT2D eigenvalue weighted by Gasteiger charge is 2.04. The van der Waals surface area contributed by atoms with Crippen LogP contribution in [0.3, 0.4) is 0 Å². The molecule has 0 radical (unpaired) electrons. The smallest absolute Gasteiger partial charge is 0.126 e. The van der Waals surface area contributed by atoms with Gasteiger partial charge in [-0.05, 0) is 0 Å². The molecule has 0 saturated heterocycles. The van der Waals surface area contributed by atoms with Crippen molar-refractivity contribution in [2.75, 3.05) is 54.9 Å². The van der Waals surface area contributed by atoms with Gasteiger partial charge in [0.25, 0.3) is 0 Å². The van der Waals surface area contributed by atoms with Crippen molar-refractivity contribution < 1.29 is 33.2 Å². The molecule has 0 fully saturated rings. The van der Waals surface area contributed by atoms with Crippen LogP contribution in [0.2, 0.25) is 0 Å². The SMILES string of the molecule is COc1cc(OC)cc(OCCOCCOc2cc(OC)cc(OC)c2)c1. The first-order valence-corrected chi connectivity index (χ1v) is 8.48. The van der Waals surface area contributed by atoms with Crippen LogP contribution in [0.5, 0.6) is 34.5 Å². The summed E-state index contributed by atoms with van der Waals surface area (Å²) in [6.45, 7) is 1.68. The monoisotopic (exact) mass is 378 g/mol. The molecule has 7 heteroatoms. The first kappa shape index (κ1) is 20.5. The lowest BCUT2D eigenvalue weighted by Crippen LogP contribution is -2.12. The highest BCUT2D eigenvalue weighted by atomic mass is 16.5. The maximum atomic E-state index is 5.66. The Hall–Kier alpha value is -2.80. The molecule has 0 spiro atoms. The van der Waals surface area contributed by atoms with Crippen molar-refractivity contribution in [1.29, 1.82) is 0 Å². The lowest BCUT2D eigenvalue weighted by molar-refractivity contribution is 0.0762. The van der Waals surface area contributed by atoms with Crippen LogP contribution >= 0.6 is 0 Å². The lowest BCUT2D eigenvalue weighted by Gasteiger charge is -2.12. The van der Waals surface area contributed by atoms with Crippen molar-refractivity contribution in [1.82, 2.24) is 0 Å². The normalized spacial score (nSPS) is 10.2. The van der Waals surface area contributed by atoms with Crippen LogP contribution < -0.4 is 28.4 Å². The molecule has 0 amide bonds. The fourth-order valence-corrected chi connectivity index (χ4v) is 2.27. The summed E-state index contributed by atoms with van der Waals surface area (Å²) >= 11 is 0. The molecule has 0 bridgehead atoms. The highest BCUT2D eigenvalue weighted by Crippen LogP contribution is 2.28. The predicted molar refractivity (Wildman–Crippen MR) is 101 cm³/mol. The molecular weight excluding hydrogens is 352 g/mol. The molecule has 0 N–H and O–H groups in total. The van der Waals surface area contributed by atoms with Crippen molar-refractivity contribution in [3.05, 3.63) is 36.4 Å².